The Labute approximate surface area is 99.9 Å². The molecule has 0 radical (unpaired) electrons. The average Bonchev–Trinajstić information content (AvgIpc) is 2.11. The van der Waals surface area contributed by atoms with Crippen molar-refractivity contribution in [2.45, 2.75) is 13.8 Å². The number of rotatable bonds is 3. The first-order valence-corrected chi connectivity index (χ1v) is 5.78. The highest BCUT2D eigenvalue weighted by molar-refractivity contribution is 9.11. The zero-order chi connectivity index (χ0) is 10.7. The van der Waals surface area contributed by atoms with Crippen LogP contribution in [0.15, 0.2) is 21.1 Å². The van der Waals surface area contributed by atoms with Gasteiger partial charge in [-0.1, -0.05) is 0 Å². The summed E-state index contributed by atoms with van der Waals surface area (Å²) in [5.74, 6) is 0.700. The maximum atomic E-state index is 11.2. The molecule has 0 spiro atoms. The number of benzene rings is 1. The molecule has 0 atom stereocenters. The van der Waals surface area contributed by atoms with E-state index in [0.29, 0.717) is 22.4 Å². The van der Waals surface area contributed by atoms with Gasteiger partial charge in [0.05, 0.1) is 15.6 Å². The summed E-state index contributed by atoms with van der Waals surface area (Å²) in [5, 5.41) is 0. The zero-order valence-electron chi connectivity index (χ0n) is 7.93. The van der Waals surface area contributed by atoms with Gasteiger partial charge in [0.25, 0.3) is 0 Å². The summed E-state index contributed by atoms with van der Waals surface area (Å²) in [4.78, 5) is 11.2. The van der Waals surface area contributed by atoms with E-state index in [4.69, 9.17) is 4.74 Å². The van der Waals surface area contributed by atoms with Crippen molar-refractivity contribution in [1.82, 2.24) is 0 Å². The fraction of sp³-hybridized carbons (Fsp3) is 0.300. The zero-order valence-corrected chi connectivity index (χ0v) is 11.1. The van der Waals surface area contributed by atoms with Gasteiger partial charge in [0.2, 0.25) is 0 Å². The van der Waals surface area contributed by atoms with Crippen molar-refractivity contribution < 1.29 is 9.53 Å². The van der Waals surface area contributed by atoms with Gasteiger partial charge in [-0.25, -0.2) is 0 Å². The molecule has 4 heteroatoms. The third kappa shape index (κ3) is 2.36. The molecule has 1 rings (SSSR count). The van der Waals surface area contributed by atoms with Crippen LogP contribution in [0.5, 0.6) is 5.75 Å². The van der Waals surface area contributed by atoms with Crippen LogP contribution in [0.4, 0.5) is 0 Å². The van der Waals surface area contributed by atoms with Crippen LogP contribution in [0.1, 0.15) is 24.2 Å². The van der Waals surface area contributed by atoms with Crippen LogP contribution in [0, 0.1) is 0 Å². The molecule has 1 aromatic carbocycles. The van der Waals surface area contributed by atoms with Gasteiger partial charge < -0.3 is 4.74 Å². The number of ketones is 1. The molecule has 14 heavy (non-hydrogen) atoms. The van der Waals surface area contributed by atoms with Crippen molar-refractivity contribution in [3.63, 3.8) is 0 Å². The van der Waals surface area contributed by atoms with E-state index >= 15 is 0 Å². The highest BCUT2D eigenvalue weighted by atomic mass is 79.9. The smallest absolute Gasteiger partial charge is 0.161 e. The minimum atomic E-state index is 0.0188. The number of Topliss-reactive ketones (excluding diaryl/α,β-unsaturated/α-hetero) is 1. The first kappa shape index (κ1) is 11.7. The van der Waals surface area contributed by atoms with Crippen LogP contribution < -0.4 is 4.74 Å². The number of hydrogen-bond donors (Lipinski definition) is 0. The summed E-state index contributed by atoms with van der Waals surface area (Å²) in [5.41, 5.74) is 0.636. The lowest BCUT2D eigenvalue weighted by Crippen LogP contribution is -1.99. The molecule has 1 aromatic rings. The molecule has 0 N–H and O–H groups in total. The van der Waals surface area contributed by atoms with E-state index in [1.54, 1.807) is 6.07 Å². The highest BCUT2D eigenvalue weighted by Crippen LogP contribution is 2.36. The first-order chi connectivity index (χ1) is 6.57. The maximum absolute atomic E-state index is 11.2. The largest absolute Gasteiger partial charge is 0.491 e. The summed E-state index contributed by atoms with van der Waals surface area (Å²) in [7, 11) is 0. The molecule has 0 aliphatic heterocycles. The molecule has 0 heterocycles. The van der Waals surface area contributed by atoms with Gasteiger partial charge in [-0.2, -0.15) is 0 Å². The van der Waals surface area contributed by atoms with E-state index in [1.165, 1.54) is 6.92 Å². The fourth-order valence-corrected chi connectivity index (χ4v) is 2.53. The lowest BCUT2D eigenvalue weighted by atomic mass is 10.1. The third-order valence-corrected chi connectivity index (χ3v) is 3.13. The molecule has 0 saturated heterocycles. The molecule has 0 aliphatic rings. The van der Waals surface area contributed by atoms with Crippen LogP contribution in [0.3, 0.4) is 0 Å². The van der Waals surface area contributed by atoms with E-state index < -0.39 is 0 Å². The van der Waals surface area contributed by atoms with Crippen LogP contribution in [-0.2, 0) is 0 Å². The van der Waals surface area contributed by atoms with Crippen molar-refractivity contribution in [1.29, 1.82) is 0 Å². The summed E-state index contributed by atoms with van der Waals surface area (Å²) < 4.78 is 6.97. The minimum absolute atomic E-state index is 0.0188. The standard InChI is InChI=1S/C10H10Br2O2/c1-3-14-10-8(11)5-4-7(6(2)13)9(10)12/h4-5H,3H2,1-2H3. The molecule has 2 nitrogen and oxygen atoms in total. The Morgan fingerprint density at radius 3 is 2.57 bits per heavy atom. The number of hydrogen-bond acceptors (Lipinski definition) is 2. The molecule has 0 bridgehead atoms. The lowest BCUT2D eigenvalue weighted by Gasteiger charge is -2.10. The predicted octanol–water partition coefficient (Wildman–Crippen LogP) is 3.81. The van der Waals surface area contributed by atoms with E-state index in [0.717, 1.165) is 4.47 Å². The van der Waals surface area contributed by atoms with Gasteiger partial charge in [-0.3, -0.25) is 4.79 Å². The van der Waals surface area contributed by atoms with E-state index in [2.05, 4.69) is 31.9 Å². The quantitative estimate of drug-likeness (QED) is 0.791. The number of ether oxygens (including phenoxy) is 1. The number of carbonyl (C=O) groups is 1. The van der Waals surface area contributed by atoms with Gasteiger partial charge in [-0.15, -0.1) is 0 Å². The molecule has 0 fully saturated rings. The number of carbonyl (C=O) groups excluding carboxylic acids is 1. The Morgan fingerprint density at radius 1 is 1.43 bits per heavy atom. The van der Waals surface area contributed by atoms with Crippen molar-refractivity contribution >= 4 is 37.6 Å². The highest BCUT2D eigenvalue weighted by Gasteiger charge is 2.13. The van der Waals surface area contributed by atoms with Gasteiger partial charge in [0.15, 0.2) is 5.78 Å². The Balaban J connectivity index is 3.26. The van der Waals surface area contributed by atoms with Crippen LogP contribution >= 0.6 is 31.9 Å². The second-order valence-corrected chi connectivity index (χ2v) is 4.37. The van der Waals surface area contributed by atoms with Gasteiger partial charge in [0.1, 0.15) is 5.75 Å². The SMILES string of the molecule is CCOc1c(Br)ccc(C(C)=O)c1Br. The van der Waals surface area contributed by atoms with Gasteiger partial charge in [-0.05, 0) is 57.8 Å². The summed E-state index contributed by atoms with van der Waals surface area (Å²) >= 11 is 6.72. The average molecular weight is 322 g/mol. The second kappa shape index (κ2) is 4.94. The van der Waals surface area contributed by atoms with Crippen LogP contribution in [0.25, 0.3) is 0 Å². The molecule has 0 aliphatic carbocycles. The molecule has 0 amide bonds. The first-order valence-electron chi connectivity index (χ1n) is 4.19. The predicted molar refractivity (Wildman–Crippen MR) is 63.0 cm³/mol. The Kier molecular flexibility index (Phi) is 4.13. The monoisotopic (exact) mass is 320 g/mol. The Morgan fingerprint density at radius 2 is 2.07 bits per heavy atom. The van der Waals surface area contributed by atoms with E-state index in [-0.39, 0.29) is 5.78 Å². The van der Waals surface area contributed by atoms with Gasteiger partial charge in [0, 0.05) is 5.56 Å². The molecule has 0 unspecified atom stereocenters. The van der Waals surface area contributed by atoms with Gasteiger partial charge >= 0.3 is 0 Å². The van der Waals surface area contributed by atoms with Crippen molar-refractivity contribution in [2.24, 2.45) is 0 Å². The fourth-order valence-electron chi connectivity index (χ4n) is 1.08. The van der Waals surface area contributed by atoms with E-state index in [1.807, 2.05) is 13.0 Å². The summed E-state index contributed by atoms with van der Waals surface area (Å²) in [6.45, 7) is 4.00. The Hall–Kier alpha value is -0.350. The van der Waals surface area contributed by atoms with Crippen molar-refractivity contribution in [2.75, 3.05) is 6.61 Å². The third-order valence-electron chi connectivity index (χ3n) is 1.72. The Bertz CT molecular complexity index is 361. The normalized spacial score (nSPS) is 10.0. The topological polar surface area (TPSA) is 26.3 Å². The maximum Gasteiger partial charge on any atom is 0.161 e. The molecule has 0 saturated carbocycles. The summed E-state index contributed by atoms with van der Waals surface area (Å²) in [6, 6.07) is 3.57. The van der Waals surface area contributed by atoms with E-state index in [9.17, 15) is 4.79 Å². The molecular formula is C10H10Br2O2. The second-order valence-electron chi connectivity index (χ2n) is 2.73. The molecule has 76 valence electrons. The number of halogens is 2. The molecular weight excluding hydrogens is 312 g/mol. The van der Waals surface area contributed by atoms with Crippen molar-refractivity contribution in [3.05, 3.63) is 26.6 Å². The minimum Gasteiger partial charge on any atom is -0.491 e. The van der Waals surface area contributed by atoms with Crippen molar-refractivity contribution in [3.8, 4) is 5.75 Å². The van der Waals surface area contributed by atoms with Crippen LogP contribution in [-0.4, -0.2) is 12.4 Å². The summed E-state index contributed by atoms with van der Waals surface area (Å²) in [6.07, 6.45) is 0. The lowest BCUT2D eigenvalue weighted by molar-refractivity contribution is 0.101. The van der Waals surface area contributed by atoms with Crippen LogP contribution in [0.2, 0.25) is 0 Å². The molecule has 0 aromatic heterocycles.